The van der Waals surface area contributed by atoms with Crippen molar-refractivity contribution in [3.8, 4) is 11.5 Å². The van der Waals surface area contributed by atoms with E-state index in [1.54, 1.807) is 7.11 Å². The zero-order valence-electron chi connectivity index (χ0n) is 10.6. The summed E-state index contributed by atoms with van der Waals surface area (Å²) in [5.41, 5.74) is 2.23. The van der Waals surface area contributed by atoms with E-state index in [0.717, 1.165) is 39.9 Å². The molecule has 1 atom stereocenters. The lowest BCUT2D eigenvalue weighted by atomic mass is 9.95. The van der Waals surface area contributed by atoms with E-state index in [1.165, 1.54) is 0 Å². The van der Waals surface area contributed by atoms with Crippen LogP contribution in [-0.4, -0.2) is 25.0 Å². The average Bonchev–Trinajstić information content (AvgIpc) is 2.91. The molecule has 1 aromatic carbocycles. The quantitative estimate of drug-likeness (QED) is 0.785. The first kappa shape index (κ1) is 10.8. The van der Waals surface area contributed by atoms with Gasteiger partial charge in [0.15, 0.2) is 11.5 Å². The van der Waals surface area contributed by atoms with Crippen molar-refractivity contribution in [3.63, 3.8) is 0 Å². The number of hydrogen-bond donors (Lipinski definition) is 0. The monoisotopic (exact) mass is 255 g/mol. The number of methoxy groups -OCH3 is 1. The summed E-state index contributed by atoms with van der Waals surface area (Å²) in [7, 11) is 1.72. The summed E-state index contributed by atoms with van der Waals surface area (Å²) in [6, 6.07) is 4.02. The Morgan fingerprint density at radius 3 is 2.95 bits per heavy atom. The molecule has 4 nitrogen and oxygen atoms in total. The maximum absolute atomic E-state index is 5.45. The molecule has 1 aliphatic heterocycles. The van der Waals surface area contributed by atoms with Crippen LogP contribution in [0.5, 0.6) is 11.5 Å². The standard InChI is InChI=1S/C15H13NO3/c1-17-10-2-3-11-12-6-15-14(18-8-19-15)4-9(12)7-16-13(11)5-10/h2-4,6-7,10H,5,8H2,1H3. The van der Waals surface area contributed by atoms with Crippen molar-refractivity contribution in [2.24, 2.45) is 0 Å². The van der Waals surface area contributed by atoms with Crippen molar-refractivity contribution in [3.05, 3.63) is 35.7 Å². The van der Waals surface area contributed by atoms with Gasteiger partial charge in [-0.15, -0.1) is 0 Å². The first-order chi connectivity index (χ1) is 9.35. The van der Waals surface area contributed by atoms with Crippen LogP contribution in [0.3, 0.4) is 0 Å². The van der Waals surface area contributed by atoms with Gasteiger partial charge in [0, 0.05) is 30.7 Å². The van der Waals surface area contributed by atoms with E-state index >= 15 is 0 Å². The molecule has 1 unspecified atom stereocenters. The Morgan fingerprint density at radius 2 is 2.11 bits per heavy atom. The maximum Gasteiger partial charge on any atom is 0.231 e. The van der Waals surface area contributed by atoms with E-state index in [2.05, 4.69) is 17.1 Å². The van der Waals surface area contributed by atoms with E-state index in [0.29, 0.717) is 6.79 Å². The molecule has 1 aliphatic carbocycles. The number of aromatic nitrogens is 1. The number of hydrogen-bond acceptors (Lipinski definition) is 4. The molecule has 4 heteroatoms. The second-order valence-electron chi connectivity index (χ2n) is 4.75. The Labute approximate surface area is 110 Å². The van der Waals surface area contributed by atoms with Crippen LogP contribution in [-0.2, 0) is 11.2 Å². The molecule has 0 saturated carbocycles. The molecule has 0 amide bonds. The Morgan fingerprint density at radius 1 is 1.26 bits per heavy atom. The third-order valence-corrected chi connectivity index (χ3v) is 3.68. The molecule has 2 aromatic rings. The lowest BCUT2D eigenvalue weighted by Gasteiger charge is -2.18. The highest BCUT2D eigenvalue weighted by atomic mass is 16.7. The van der Waals surface area contributed by atoms with Gasteiger partial charge in [0.05, 0.1) is 11.8 Å². The van der Waals surface area contributed by atoms with Crippen LogP contribution in [0.25, 0.3) is 16.8 Å². The van der Waals surface area contributed by atoms with Gasteiger partial charge in [0.2, 0.25) is 6.79 Å². The van der Waals surface area contributed by atoms with Crippen LogP contribution in [0.15, 0.2) is 24.4 Å². The lowest BCUT2D eigenvalue weighted by molar-refractivity contribution is 0.140. The molecule has 0 fully saturated rings. The van der Waals surface area contributed by atoms with Gasteiger partial charge in [-0.1, -0.05) is 12.2 Å². The predicted octanol–water partition coefficient (Wildman–Crippen LogP) is 2.55. The molecule has 1 aromatic heterocycles. The van der Waals surface area contributed by atoms with Gasteiger partial charge >= 0.3 is 0 Å². The van der Waals surface area contributed by atoms with E-state index < -0.39 is 0 Å². The van der Waals surface area contributed by atoms with Crippen LogP contribution in [0.2, 0.25) is 0 Å². The number of rotatable bonds is 1. The number of fused-ring (bicyclic) bond motifs is 4. The molecule has 0 bridgehead atoms. The van der Waals surface area contributed by atoms with Crippen LogP contribution >= 0.6 is 0 Å². The zero-order chi connectivity index (χ0) is 12.8. The lowest BCUT2D eigenvalue weighted by Crippen LogP contribution is -2.16. The molecule has 0 radical (unpaired) electrons. The molecule has 0 spiro atoms. The van der Waals surface area contributed by atoms with Gasteiger partial charge < -0.3 is 14.2 Å². The fraction of sp³-hybridized carbons (Fsp3) is 0.267. The molecule has 96 valence electrons. The summed E-state index contributed by atoms with van der Waals surface area (Å²) >= 11 is 0. The van der Waals surface area contributed by atoms with Gasteiger partial charge in [-0.25, -0.2) is 0 Å². The van der Waals surface area contributed by atoms with Crippen molar-refractivity contribution >= 4 is 16.8 Å². The summed E-state index contributed by atoms with van der Waals surface area (Å²) in [5.74, 6) is 1.60. The first-order valence-electron chi connectivity index (χ1n) is 6.27. The summed E-state index contributed by atoms with van der Waals surface area (Å²) in [6.07, 6.45) is 6.99. The highest BCUT2D eigenvalue weighted by Crippen LogP contribution is 2.38. The van der Waals surface area contributed by atoms with Gasteiger partial charge in [-0.05, 0) is 17.5 Å². The minimum atomic E-state index is 0.117. The fourth-order valence-corrected chi connectivity index (χ4v) is 2.64. The molecule has 0 N–H and O–H groups in total. The molecular formula is C15H13NO3. The van der Waals surface area contributed by atoms with Crippen LogP contribution < -0.4 is 9.47 Å². The van der Waals surface area contributed by atoms with E-state index in [9.17, 15) is 0 Å². The van der Waals surface area contributed by atoms with Gasteiger partial charge in [-0.3, -0.25) is 4.98 Å². The zero-order valence-corrected chi connectivity index (χ0v) is 10.6. The fourth-order valence-electron chi connectivity index (χ4n) is 2.64. The summed E-state index contributed by atoms with van der Waals surface area (Å²) in [4.78, 5) is 4.54. The number of benzene rings is 1. The largest absolute Gasteiger partial charge is 0.454 e. The number of ether oxygens (including phenoxy) is 3. The summed E-state index contributed by atoms with van der Waals surface area (Å²) < 4.78 is 16.2. The van der Waals surface area contributed by atoms with E-state index in [1.807, 2.05) is 18.3 Å². The van der Waals surface area contributed by atoms with Crippen LogP contribution in [0.1, 0.15) is 11.3 Å². The van der Waals surface area contributed by atoms with E-state index in [-0.39, 0.29) is 6.10 Å². The highest BCUT2D eigenvalue weighted by molar-refractivity contribution is 5.93. The topological polar surface area (TPSA) is 40.6 Å². The number of pyridine rings is 1. The Hall–Kier alpha value is -2.07. The van der Waals surface area contributed by atoms with Crippen molar-refractivity contribution in [2.45, 2.75) is 12.5 Å². The highest BCUT2D eigenvalue weighted by Gasteiger charge is 2.20. The van der Waals surface area contributed by atoms with Gasteiger partial charge in [0.25, 0.3) is 0 Å². The smallest absolute Gasteiger partial charge is 0.231 e. The second-order valence-corrected chi connectivity index (χ2v) is 4.75. The molecule has 2 heterocycles. The second kappa shape index (κ2) is 3.96. The van der Waals surface area contributed by atoms with Crippen molar-refractivity contribution < 1.29 is 14.2 Å². The van der Waals surface area contributed by atoms with E-state index in [4.69, 9.17) is 14.2 Å². The molecule has 4 rings (SSSR count). The third kappa shape index (κ3) is 1.60. The minimum Gasteiger partial charge on any atom is -0.454 e. The Kier molecular flexibility index (Phi) is 2.26. The summed E-state index contributed by atoms with van der Waals surface area (Å²) in [6.45, 7) is 0.295. The molecule has 2 aliphatic rings. The predicted molar refractivity (Wildman–Crippen MR) is 71.4 cm³/mol. The van der Waals surface area contributed by atoms with Gasteiger partial charge in [-0.2, -0.15) is 0 Å². The van der Waals surface area contributed by atoms with Crippen molar-refractivity contribution in [1.29, 1.82) is 0 Å². The van der Waals surface area contributed by atoms with Crippen molar-refractivity contribution in [2.75, 3.05) is 13.9 Å². The normalized spacial score (nSPS) is 19.7. The van der Waals surface area contributed by atoms with Crippen LogP contribution in [0.4, 0.5) is 0 Å². The van der Waals surface area contributed by atoms with Crippen LogP contribution in [0, 0.1) is 0 Å². The molecule has 0 saturated heterocycles. The van der Waals surface area contributed by atoms with Gasteiger partial charge in [0.1, 0.15) is 0 Å². The van der Waals surface area contributed by atoms with Crippen molar-refractivity contribution in [1.82, 2.24) is 4.98 Å². The third-order valence-electron chi connectivity index (χ3n) is 3.68. The summed E-state index contributed by atoms with van der Waals surface area (Å²) in [5, 5.41) is 2.23. The maximum atomic E-state index is 5.45. The first-order valence-corrected chi connectivity index (χ1v) is 6.27. The molecular weight excluding hydrogens is 242 g/mol. The SMILES string of the molecule is COC1C=Cc2c(ncc3cc4c(cc23)OCO4)C1. The number of nitrogens with zero attached hydrogens (tertiary/aromatic N) is 1. The Bertz CT molecular complexity index is 693. The minimum absolute atomic E-state index is 0.117. The Balaban J connectivity index is 1.93. The average molecular weight is 255 g/mol. The molecule has 19 heavy (non-hydrogen) atoms.